The first-order valence-corrected chi connectivity index (χ1v) is 3.96. The van der Waals surface area contributed by atoms with Crippen LogP contribution < -0.4 is 0 Å². The number of likely N-dealkylation sites (N-methyl/N-ethyl adjacent to an activating group) is 1. The van der Waals surface area contributed by atoms with Crippen LogP contribution in [-0.2, 0) is 9.53 Å². The first-order valence-electron chi connectivity index (χ1n) is 3.96. The van der Waals surface area contributed by atoms with Crippen molar-refractivity contribution in [1.29, 1.82) is 0 Å². The lowest BCUT2D eigenvalue weighted by molar-refractivity contribution is -0.206. The van der Waals surface area contributed by atoms with Crippen LogP contribution in [-0.4, -0.2) is 63.8 Å². The molecular weight excluding hydrogens is 178 g/mol. The molecule has 6 heteroatoms. The molecule has 2 saturated heterocycles. The van der Waals surface area contributed by atoms with Gasteiger partial charge in [0.05, 0.1) is 6.61 Å². The maximum absolute atomic E-state index is 11.4. The van der Waals surface area contributed by atoms with E-state index >= 15 is 0 Å². The van der Waals surface area contributed by atoms with Crippen molar-refractivity contribution in [2.45, 2.75) is 24.0 Å². The standard InChI is InChI=1S/C7H11NO5/c1-8-3-4(10)7(2-9,6(8)12)13-5(3)11/h3-5,9-11H,2H2,1H3/t3?,4?,5-,7?/m1/s1. The summed E-state index contributed by atoms with van der Waals surface area (Å²) >= 11 is 0. The van der Waals surface area contributed by atoms with E-state index in [9.17, 15) is 15.0 Å². The van der Waals surface area contributed by atoms with Crippen LogP contribution in [0.3, 0.4) is 0 Å². The molecule has 74 valence electrons. The van der Waals surface area contributed by atoms with Crippen LogP contribution in [0.1, 0.15) is 0 Å². The van der Waals surface area contributed by atoms with Crippen LogP contribution in [0.15, 0.2) is 0 Å². The van der Waals surface area contributed by atoms with E-state index in [2.05, 4.69) is 0 Å². The highest BCUT2D eigenvalue weighted by Crippen LogP contribution is 2.40. The number of aliphatic hydroxyl groups excluding tert-OH is 3. The second kappa shape index (κ2) is 2.42. The van der Waals surface area contributed by atoms with E-state index < -0.39 is 36.6 Å². The molecule has 2 aliphatic heterocycles. The first kappa shape index (κ1) is 8.89. The minimum atomic E-state index is -1.64. The molecule has 3 unspecified atom stereocenters. The molecule has 2 aliphatic rings. The monoisotopic (exact) mass is 189 g/mol. The van der Waals surface area contributed by atoms with Crippen LogP contribution >= 0.6 is 0 Å². The van der Waals surface area contributed by atoms with Gasteiger partial charge < -0.3 is 25.0 Å². The van der Waals surface area contributed by atoms with Gasteiger partial charge in [0, 0.05) is 7.05 Å². The molecule has 0 aromatic heterocycles. The molecule has 2 fully saturated rings. The zero-order valence-corrected chi connectivity index (χ0v) is 7.04. The van der Waals surface area contributed by atoms with Gasteiger partial charge in [0.2, 0.25) is 5.60 Å². The number of ether oxygens (including phenoxy) is 1. The Labute approximate surface area is 74.3 Å². The van der Waals surface area contributed by atoms with Crippen molar-refractivity contribution in [2.75, 3.05) is 13.7 Å². The molecule has 3 N–H and O–H groups in total. The van der Waals surface area contributed by atoms with Crippen molar-refractivity contribution in [3.05, 3.63) is 0 Å². The lowest BCUT2D eigenvalue weighted by Gasteiger charge is -2.30. The predicted octanol–water partition coefficient (Wildman–Crippen LogP) is -2.73. The number of aliphatic hydroxyl groups is 3. The average Bonchev–Trinajstić information content (AvgIpc) is 2.44. The second-order valence-electron chi connectivity index (χ2n) is 3.41. The Morgan fingerprint density at radius 1 is 1.62 bits per heavy atom. The number of carbonyl (C=O) groups is 1. The van der Waals surface area contributed by atoms with Gasteiger partial charge in [-0.3, -0.25) is 4.79 Å². The zero-order valence-electron chi connectivity index (χ0n) is 7.04. The summed E-state index contributed by atoms with van der Waals surface area (Å²) in [5.74, 6) is -0.488. The highest BCUT2D eigenvalue weighted by atomic mass is 16.7. The van der Waals surface area contributed by atoms with Crippen molar-refractivity contribution in [3.63, 3.8) is 0 Å². The van der Waals surface area contributed by atoms with E-state index in [1.807, 2.05) is 0 Å². The molecule has 1 amide bonds. The van der Waals surface area contributed by atoms with Crippen molar-refractivity contribution in [1.82, 2.24) is 4.90 Å². The lowest BCUT2D eigenvalue weighted by atomic mass is 10.0. The van der Waals surface area contributed by atoms with Crippen LogP contribution in [0.4, 0.5) is 0 Å². The minimum absolute atomic E-state index is 0.488. The molecule has 0 spiro atoms. The van der Waals surface area contributed by atoms with E-state index in [0.717, 1.165) is 0 Å². The second-order valence-corrected chi connectivity index (χ2v) is 3.41. The topological polar surface area (TPSA) is 90.2 Å². The van der Waals surface area contributed by atoms with Gasteiger partial charge in [0.25, 0.3) is 5.91 Å². The fraction of sp³-hybridized carbons (Fsp3) is 0.857. The number of carbonyl (C=O) groups excluding carboxylic acids is 1. The molecule has 6 nitrogen and oxygen atoms in total. The van der Waals surface area contributed by atoms with Crippen molar-refractivity contribution < 1.29 is 24.9 Å². The summed E-state index contributed by atoms with van der Waals surface area (Å²) in [6.07, 6.45) is -2.38. The van der Waals surface area contributed by atoms with Gasteiger partial charge in [-0.05, 0) is 0 Å². The maximum Gasteiger partial charge on any atom is 0.260 e. The third-order valence-corrected chi connectivity index (χ3v) is 2.79. The summed E-state index contributed by atoms with van der Waals surface area (Å²) in [7, 11) is 1.46. The van der Waals surface area contributed by atoms with Gasteiger partial charge >= 0.3 is 0 Å². The number of hydrogen-bond acceptors (Lipinski definition) is 5. The highest BCUT2D eigenvalue weighted by Gasteiger charge is 2.67. The normalized spacial score (nSPS) is 49.1. The Morgan fingerprint density at radius 3 is 2.62 bits per heavy atom. The Morgan fingerprint density at radius 2 is 2.23 bits per heavy atom. The molecule has 0 aromatic carbocycles. The van der Waals surface area contributed by atoms with Crippen LogP contribution in [0.25, 0.3) is 0 Å². The number of morpholine rings is 1. The molecule has 2 rings (SSSR count). The molecular formula is C7H11NO5. The Kier molecular flexibility index (Phi) is 1.65. The summed E-state index contributed by atoms with van der Waals surface area (Å²) < 4.78 is 4.86. The summed E-state index contributed by atoms with van der Waals surface area (Å²) in [5, 5.41) is 27.8. The smallest absolute Gasteiger partial charge is 0.260 e. The number of rotatable bonds is 1. The van der Waals surface area contributed by atoms with E-state index in [0.29, 0.717) is 0 Å². The van der Waals surface area contributed by atoms with E-state index in [4.69, 9.17) is 9.84 Å². The number of likely N-dealkylation sites (tertiary alicyclic amines) is 1. The largest absolute Gasteiger partial charge is 0.393 e. The number of hydrogen-bond donors (Lipinski definition) is 3. The molecule has 0 aromatic rings. The number of amides is 1. The average molecular weight is 189 g/mol. The van der Waals surface area contributed by atoms with E-state index in [-0.39, 0.29) is 0 Å². The quantitative estimate of drug-likeness (QED) is 0.416. The van der Waals surface area contributed by atoms with Gasteiger partial charge in [-0.2, -0.15) is 0 Å². The van der Waals surface area contributed by atoms with E-state index in [1.54, 1.807) is 0 Å². The first-order chi connectivity index (χ1) is 6.04. The summed E-state index contributed by atoms with van der Waals surface area (Å²) in [6.45, 7) is -0.620. The minimum Gasteiger partial charge on any atom is -0.393 e. The zero-order chi connectivity index (χ0) is 9.80. The number of fused-ring (bicyclic) bond motifs is 2. The summed E-state index contributed by atoms with van der Waals surface area (Å²) in [4.78, 5) is 12.6. The highest BCUT2D eigenvalue weighted by molar-refractivity contribution is 5.90. The summed E-state index contributed by atoms with van der Waals surface area (Å²) in [5.41, 5.74) is -1.64. The molecule has 4 atom stereocenters. The van der Waals surface area contributed by atoms with Gasteiger partial charge in [0.15, 0.2) is 6.29 Å². The number of nitrogens with zero attached hydrogens (tertiary/aromatic N) is 1. The molecule has 0 saturated carbocycles. The summed E-state index contributed by atoms with van der Waals surface area (Å²) in [6, 6.07) is -0.764. The van der Waals surface area contributed by atoms with E-state index in [1.165, 1.54) is 11.9 Å². The van der Waals surface area contributed by atoms with Crippen molar-refractivity contribution in [3.8, 4) is 0 Å². The van der Waals surface area contributed by atoms with Crippen molar-refractivity contribution in [2.24, 2.45) is 0 Å². The third kappa shape index (κ3) is 0.786. The van der Waals surface area contributed by atoms with Gasteiger partial charge in [-0.1, -0.05) is 0 Å². The molecule has 13 heavy (non-hydrogen) atoms. The molecule has 2 bridgehead atoms. The van der Waals surface area contributed by atoms with Gasteiger partial charge in [-0.25, -0.2) is 0 Å². The van der Waals surface area contributed by atoms with Crippen LogP contribution in [0.2, 0.25) is 0 Å². The maximum atomic E-state index is 11.4. The van der Waals surface area contributed by atoms with Crippen LogP contribution in [0.5, 0.6) is 0 Å². The fourth-order valence-corrected chi connectivity index (χ4v) is 2.00. The van der Waals surface area contributed by atoms with Gasteiger partial charge in [0.1, 0.15) is 12.1 Å². The van der Waals surface area contributed by atoms with Gasteiger partial charge in [-0.15, -0.1) is 0 Å². The Hall–Kier alpha value is -0.690. The SMILES string of the molecule is CN1C(=O)C2(CO)O[C@@H](O)C1C2O. The predicted molar refractivity (Wildman–Crippen MR) is 39.5 cm³/mol. The lowest BCUT2D eigenvalue weighted by Crippen LogP contribution is -2.52. The Balaban J connectivity index is 2.42. The van der Waals surface area contributed by atoms with Crippen molar-refractivity contribution >= 4 is 5.91 Å². The molecule has 0 aliphatic carbocycles. The van der Waals surface area contributed by atoms with Crippen LogP contribution in [0, 0.1) is 0 Å². The Bertz CT molecular complexity index is 257. The third-order valence-electron chi connectivity index (χ3n) is 2.79. The molecule has 0 radical (unpaired) electrons. The molecule has 2 heterocycles. The fourth-order valence-electron chi connectivity index (χ4n) is 2.00.